The van der Waals surface area contributed by atoms with E-state index >= 15 is 0 Å². The number of ether oxygens (including phenoxy) is 6. The van der Waals surface area contributed by atoms with E-state index in [0.717, 1.165) is 32.2 Å². The van der Waals surface area contributed by atoms with E-state index in [-0.39, 0.29) is 45.0 Å². The van der Waals surface area contributed by atoms with Gasteiger partial charge in [0, 0.05) is 33.4 Å². The predicted molar refractivity (Wildman–Crippen MR) is 177 cm³/mol. The van der Waals surface area contributed by atoms with Crippen molar-refractivity contribution in [2.24, 2.45) is 0 Å². The van der Waals surface area contributed by atoms with Crippen LogP contribution in [0.15, 0.2) is 0 Å². The first-order chi connectivity index (χ1) is 23.3. The van der Waals surface area contributed by atoms with E-state index in [0.29, 0.717) is 19.4 Å². The Morgan fingerprint density at radius 2 is 1.31 bits per heavy atom. The van der Waals surface area contributed by atoms with Gasteiger partial charge in [0.05, 0.1) is 18.8 Å². The number of rotatable bonds is 23. The molecule has 2 heterocycles. The van der Waals surface area contributed by atoms with Crippen molar-refractivity contribution in [1.82, 2.24) is 15.5 Å². The molecule has 10 atom stereocenters. The van der Waals surface area contributed by atoms with Gasteiger partial charge >= 0.3 is 0 Å². The van der Waals surface area contributed by atoms with Crippen molar-refractivity contribution < 1.29 is 63.5 Å². The maximum atomic E-state index is 13.5. The van der Waals surface area contributed by atoms with E-state index in [1.54, 1.807) is 34.7 Å². The van der Waals surface area contributed by atoms with Crippen LogP contribution in [-0.4, -0.2) is 169 Å². The summed E-state index contributed by atoms with van der Waals surface area (Å²) in [5.41, 5.74) is 0. The van der Waals surface area contributed by atoms with Crippen LogP contribution < -0.4 is 10.6 Å². The first-order valence-corrected chi connectivity index (χ1v) is 17.7. The van der Waals surface area contributed by atoms with Crippen molar-refractivity contribution >= 4 is 11.8 Å². The molecular weight excluding hydrogens is 646 g/mol. The fourth-order valence-electron chi connectivity index (χ4n) is 5.61. The third-order valence-electron chi connectivity index (χ3n) is 8.24. The number of nitrogens with one attached hydrogen (secondary N) is 2. The summed E-state index contributed by atoms with van der Waals surface area (Å²) in [6, 6.07) is 0. The molecule has 2 fully saturated rings. The lowest BCUT2D eigenvalue weighted by atomic mass is 9.97. The molecule has 288 valence electrons. The molecule has 0 aromatic heterocycles. The zero-order chi connectivity index (χ0) is 36.5. The molecule has 2 unspecified atom stereocenters. The summed E-state index contributed by atoms with van der Waals surface area (Å²) in [5, 5.41) is 58.1. The standard InChI is InChI=1S/C33H63N3O13/c1-20(2)46-27-23(39)24(40)32(48-28(27)30(42)35-15-10-12-17-37)45-19-13-18-44-26-22(38)25(41)33(47-21(3)4)49-29(26)31(43)36(6)16-11-8-7-9-14-34-5/h20-29,32-34,37-41H,7-19H2,1-6H3,(H,35,42)/t22-,23-,24+,25+,26+,27+,28?,29?,32-,33-/m1/s1. The van der Waals surface area contributed by atoms with E-state index in [1.807, 2.05) is 7.05 Å². The number of hydrogen-bond donors (Lipinski definition) is 7. The minimum absolute atomic E-state index is 0.00848. The Kier molecular flexibility index (Phi) is 20.6. The van der Waals surface area contributed by atoms with Crippen LogP contribution in [0.5, 0.6) is 0 Å². The Hall–Kier alpha value is -1.54. The van der Waals surface area contributed by atoms with E-state index in [1.165, 1.54) is 4.90 Å². The third kappa shape index (κ3) is 14.2. The van der Waals surface area contributed by atoms with Crippen molar-refractivity contribution in [2.45, 2.75) is 146 Å². The number of aliphatic hydroxyl groups excluding tert-OH is 5. The van der Waals surface area contributed by atoms with Crippen molar-refractivity contribution in [3.8, 4) is 0 Å². The number of hydrogen-bond acceptors (Lipinski definition) is 14. The summed E-state index contributed by atoms with van der Waals surface area (Å²) < 4.78 is 34.7. The van der Waals surface area contributed by atoms with E-state index < -0.39 is 73.2 Å². The zero-order valence-electron chi connectivity index (χ0n) is 30.1. The van der Waals surface area contributed by atoms with Crippen LogP contribution in [-0.2, 0) is 38.0 Å². The van der Waals surface area contributed by atoms with E-state index in [2.05, 4.69) is 10.6 Å². The first-order valence-electron chi connectivity index (χ1n) is 17.7. The molecule has 49 heavy (non-hydrogen) atoms. The Bertz CT molecular complexity index is 932. The minimum Gasteiger partial charge on any atom is -0.396 e. The molecule has 16 heteroatoms. The molecule has 0 saturated carbocycles. The van der Waals surface area contributed by atoms with Crippen LogP contribution in [0.2, 0.25) is 0 Å². The van der Waals surface area contributed by atoms with Crippen LogP contribution in [0.1, 0.15) is 72.6 Å². The van der Waals surface area contributed by atoms with Gasteiger partial charge < -0.3 is 69.5 Å². The second-order valence-electron chi connectivity index (χ2n) is 13.2. The monoisotopic (exact) mass is 709 g/mol. The summed E-state index contributed by atoms with van der Waals surface area (Å²) >= 11 is 0. The van der Waals surface area contributed by atoms with Crippen molar-refractivity contribution in [1.29, 1.82) is 0 Å². The number of nitrogens with zero attached hydrogens (tertiary/aromatic N) is 1. The maximum absolute atomic E-state index is 13.5. The van der Waals surface area contributed by atoms with Crippen LogP contribution in [0.3, 0.4) is 0 Å². The van der Waals surface area contributed by atoms with Crippen molar-refractivity contribution in [2.75, 3.05) is 53.6 Å². The third-order valence-corrected chi connectivity index (χ3v) is 8.24. The van der Waals surface area contributed by atoms with Gasteiger partial charge in [0.15, 0.2) is 24.8 Å². The van der Waals surface area contributed by atoms with Gasteiger partial charge in [-0.15, -0.1) is 0 Å². The topological polar surface area (TPSA) is 218 Å². The highest BCUT2D eigenvalue weighted by atomic mass is 16.7. The van der Waals surface area contributed by atoms with E-state index in [4.69, 9.17) is 33.5 Å². The maximum Gasteiger partial charge on any atom is 0.254 e. The molecule has 2 rings (SSSR count). The fourth-order valence-corrected chi connectivity index (χ4v) is 5.61. The average molecular weight is 710 g/mol. The molecule has 0 aromatic carbocycles. The molecule has 0 aliphatic carbocycles. The number of amides is 2. The van der Waals surface area contributed by atoms with Crippen LogP contribution in [0.25, 0.3) is 0 Å². The molecule has 7 N–H and O–H groups in total. The van der Waals surface area contributed by atoms with Crippen LogP contribution in [0, 0.1) is 0 Å². The molecule has 2 saturated heterocycles. The van der Waals surface area contributed by atoms with E-state index in [9.17, 15) is 30.0 Å². The van der Waals surface area contributed by atoms with Gasteiger partial charge in [0.25, 0.3) is 11.8 Å². The zero-order valence-corrected chi connectivity index (χ0v) is 30.1. The van der Waals surface area contributed by atoms with Gasteiger partial charge in [0.2, 0.25) is 0 Å². The average Bonchev–Trinajstić information content (AvgIpc) is 3.05. The molecule has 0 radical (unpaired) electrons. The van der Waals surface area contributed by atoms with Crippen molar-refractivity contribution in [3.05, 3.63) is 0 Å². The van der Waals surface area contributed by atoms with Gasteiger partial charge in [-0.3, -0.25) is 9.59 Å². The summed E-state index contributed by atoms with van der Waals surface area (Å²) in [7, 11) is 3.56. The minimum atomic E-state index is -1.52. The summed E-state index contributed by atoms with van der Waals surface area (Å²) in [4.78, 5) is 28.0. The molecule has 0 spiro atoms. The molecule has 2 aliphatic rings. The molecule has 0 bridgehead atoms. The molecule has 0 aromatic rings. The predicted octanol–water partition coefficient (Wildman–Crippen LogP) is -0.983. The van der Waals surface area contributed by atoms with Gasteiger partial charge in [-0.1, -0.05) is 12.8 Å². The quantitative estimate of drug-likeness (QED) is 0.0635. The number of likely N-dealkylation sites (N-methyl/N-ethyl adjacent to an activating group) is 1. The Balaban J connectivity index is 2.00. The number of unbranched alkanes of at least 4 members (excludes halogenated alkanes) is 4. The number of carbonyl (C=O) groups excluding carboxylic acids is 2. The van der Waals surface area contributed by atoms with Gasteiger partial charge in [-0.05, 0) is 73.4 Å². The lowest BCUT2D eigenvalue weighted by Gasteiger charge is -2.43. The number of aliphatic hydroxyl groups is 5. The summed E-state index contributed by atoms with van der Waals surface area (Å²) in [6.45, 7) is 8.55. The molecule has 2 amide bonds. The normalized spacial score (nSPS) is 30.6. The Labute approximate surface area is 290 Å². The molecule has 16 nitrogen and oxygen atoms in total. The van der Waals surface area contributed by atoms with Gasteiger partial charge in [-0.25, -0.2) is 0 Å². The van der Waals surface area contributed by atoms with Crippen molar-refractivity contribution in [3.63, 3.8) is 0 Å². The highest BCUT2D eigenvalue weighted by molar-refractivity contribution is 5.82. The summed E-state index contributed by atoms with van der Waals surface area (Å²) in [5.74, 6) is -0.961. The Morgan fingerprint density at radius 1 is 0.714 bits per heavy atom. The molecular formula is C33H63N3O13. The smallest absolute Gasteiger partial charge is 0.254 e. The SMILES string of the molecule is CNCCCCCCN(C)C(=O)C1O[C@@H](OC(C)C)[C@@H](O)[C@@H](O)[C@@H]1OCCCO[C@@H]1OC(C(=O)NCCCCO)[C@@H](OC(C)C)[C@H](O)[C@@H]1O. The molecule has 2 aliphatic heterocycles. The number of carbonyl (C=O) groups is 2. The summed E-state index contributed by atoms with van der Waals surface area (Å²) in [6.07, 6.45) is -9.11. The van der Waals surface area contributed by atoms with Crippen LogP contribution in [0.4, 0.5) is 0 Å². The Morgan fingerprint density at radius 3 is 1.96 bits per heavy atom. The van der Waals surface area contributed by atoms with Gasteiger partial charge in [0.1, 0.15) is 36.6 Å². The lowest BCUT2D eigenvalue weighted by Crippen LogP contribution is -2.63. The highest BCUT2D eigenvalue weighted by Crippen LogP contribution is 2.28. The second kappa shape index (κ2) is 23.1. The highest BCUT2D eigenvalue weighted by Gasteiger charge is 2.50. The van der Waals surface area contributed by atoms with Crippen LogP contribution >= 0.6 is 0 Å². The lowest BCUT2D eigenvalue weighted by molar-refractivity contribution is -0.308. The largest absolute Gasteiger partial charge is 0.396 e. The van der Waals surface area contributed by atoms with Gasteiger partial charge in [-0.2, -0.15) is 0 Å². The first kappa shape index (κ1) is 43.6. The fraction of sp³-hybridized carbons (Fsp3) is 0.939. The second-order valence-corrected chi connectivity index (χ2v) is 13.2.